The normalized spacial score (nSPS) is 15.1. The minimum absolute atomic E-state index is 0.0274. The van der Waals surface area contributed by atoms with Gasteiger partial charge in [-0.1, -0.05) is 18.2 Å². The van der Waals surface area contributed by atoms with Crippen molar-refractivity contribution in [2.75, 3.05) is 26.3 Å². The molecule has 0 atom stereocenters. The maximum Gasteiger partial charge on any atom is 0.338 e. The van der Waals surface area contributed by atoms with E-state index in [4.69, 9.17) is 9.47 Å². The van der Waals surface area contributed by atoms with Crippen molar-refractivity contribution in [1.29, 1.82) is 0 Å². The van der Waals surface area contributed by atoms with Crippen LogP contribution in [0.5, 0.6) is 0 Å². The van der Waals surface area contributed by atoms with Gasteiger partial charge in [-0.05, 0) is 30.7 Å². The van der Waals surface area contributed by atoms with E-state index in [2.05, 4.69) is 0 Å². The highest BCUT2D eigenvalue weighted by Crippen LogP contribution is 2.24. The molecular weight excluding hydrogens is 400 g/mol. The Labute approximate surface area is 168 Å². The molecule has 0 aromatic heterocycles. The van der Waals surface area contributed by atoms with E-state index < -0.39 is 20.9 Å². The summed E-state index contributed by atoms with van der Waals surface area (Å²) in [6, 6.07) is 10.2. The summed E-state index contributed by atoms with van der Waals surface area (Å²) in [6.07, 6.45) is 0. The summed E-state index contributed by atoms with van der Waals surface area (Å²) in [5.74, 6) is -0.762. The van der Waals surface area contributed by atoms with Crippen molar-refractivity contribution >= 4 is 21.7 Å². The molecular formula is C19H20N2O7S. The Morgan fingerprint density at radius 1 is 1.21 bits per heavy atom. The number of nitrogens with zero attached hydrogens (tertiary/aromatic N) is 2. The molecule has 1 heterocycles. The quantitative estimate of drug-likeness (QED) is 0.400. The van der Waals surface area contributed by atoms with E-state index in [0.29, 0.717) is 18.8 Å². The number of benzene rings is 2. The molecule has 0 unspecified atom stereocenters. The van der Waals surface area contributed by atoms with E-state index in [1.807, 2.05) is 0 Å². The fourth-order valence-corrected chi connectivity index (χ4v) is 4.63. The number of aryl methyl sites for hydroxylation is 1. The smallest absolute Gasteiger partial charge is 0.338 e. The highest BCUT2D eigenvalue weighted by Gasteiger charge is 2.28. The second-order valence-corrected chi connectivity index (χ2v) is 8.37. The van der Waals surface area contributed by atoms with Gasteiger partial charge in [0.1, 0.15) is 6.61 Å². The van der Waals surface area contributed by atoms with E-state index in [1.165, 1.54) is 40.7 Å². The number of hydrogen-bond acceptors (Lipinski definition) is 7. The van der Waals surface area contributed by atoms with Crippen molar-refractivity contribution in [2.45, 2.75) is 18.4 Å². The van der Waals surface area contributed by atoms with Gasteiger partial charge in [0.05, 0.1) is 34.2 Å². The molecule has 0 aliphatic carbocycles. The fourth-order valence-electron chi connectivity index (χ4n) is 2.97. The Bertz CT molecular complexity index is 1030. The molecule has 0 N–H and O–H groups in total. The number of nitro benzene ring substituents is 1. The average Bonchev–Trinajstić information content (AvgIpc) is 2.73. The first-order chi connectivity index (χ1) is 13.8. The Kier molecular flexibility index (Phi) is 6.26. The van der Waals surface area contributed by atoms with Crippen molar-refractivity contribution in [3.8, 4) is 0 Å². The lowest BCUT2D eigenvalue weighted by Gasteiger charge is -2.26. The Morgan fingerprint density at radius 2 is 1.90 bits per heavy atom. The largest absolute Gasteiger partial charge is 0.457 e. The number of sulfonamides is 1. The average molecular weight is 420 g/mol. The van der Waals surface area contributed by atoms with E-state index in [0.717, 1.165) is 0 Å². The first-order valence-electron chi connectivity index (χ1n) is 8.88. The SMILES string of the molecule is Cc1ccc(C(=O)OCc2ccccc2[N+](=O)[O-])cc1S(=O)(=O)N1CCOCC1. The molecule has 1 fully saturated rings. The number of nitro groups is 1. The van der Waals surface area contributed by atoms with Gasteiger partial charge in [0.25, 0.3) is 5.69 Å². The first kappa shape index (κ1) is 20.9. The number of esters is 1. The third-order valence-corrected chi connectivity index (χ3v) is 6.60. The van der Waals surface area contributed by atoms with Crippen LogP contribution in [-0.2, 0) is 26.1 Å². The first-order valence-corrected chi connectivity index (χ1v) is 10.3. The van der Waals surface area contributed by atoms with Crippen LogP contribution in [-0.4, -0.2) is 49.9 Å². The van der Waals surface area contributed by atoms with Gasteiger partial charge in [0.15, 0.2) is 0 Å². The maximum atomic E-state index is 12.9. The summed E-state index contributed by atoms with van der Waals surface area (Å²) in [4.78, 5) is 23.0. The highest BCUT2D eigenvalue weighted by atomic mass is 32.2. The van der Waals surface area contributed by atoms with Crippen LogP contribution in [0.2, 0.25) is 0 Å². The van der Waals surface area contributed by atoms with Crippen molar-refractivity contribution in [3.05, 3.63) is 69.3 Å². The lowest BCUT2D eigenvalue weighted by atomic mass is 10.1. The molecule has 1 saturated heterocycles. The van der Waals surface area contributed by atoms with Crippen LogP contribution in [0.4, 0.5) is 5.69 Å². The van der Waals surface area contributed by atoms with Crippen molar-refractivity contribution in [1.82, 2.24) is 4.31 Å². The summed E-state index contributed by atoms with van der Waals surface area (Å²) in [6.45, 7) is 2.47. The third-order valence-electron chi connectivity index (χ3n) is 4.56. The standard InChI is InChI=1S/C19H20N2O7S/c1-14-6-7-15(12-18(14)29(25,26)20-8-10-27-11-9-20)19(22)28-13-16-4-2-3-5-17(16)21(23)24/h2-7,12H,8-11,13H2,1H3. The van der Waals surface area contributed by atoms with Gasteiger partial charge in [-0.15, -0.1) is 0 Å². The van der Waals surface area contributed by atoms with Gasteiger partial charge in [0, 0.05) is 19.2 Å². The number of carbonyl (C=O) groups excluding carboxylic acids is 1. The zero-order valence-electron chi connectivity index (χ0n) is 15.7. The Morgan fingerprint density at radius 3 is 2.59 bits per heavy atom. The topological polar surface area (TPSA) is 116 Å². The van der Waals surface area contributed by atoms with E-state index in [1.54, 1.807) is 13.0 Å². The number of para-hydroxylation sites is 1. The van der Waals surface area contributed by atoms with Crippen LogP contribution < -0.4 is 0 Å². The molecule has 29 heavy (non-hydrogen) atoms. The summed E-state index contributed by atoms with van der Waals surface area (Å²) in [5.41, 5.74) is 0.659. The summed E-state index contributed by atoms with van der Waals surface area (Å²) < 4.78 is 37.6. The zero-order valence-corrected chi connectivity index (χ0v) is 16.6. The van der Waals surface area contributed by atoms with Gasteiger partial charge < -0.3 is 9.47 Å². The molecule has 154 valence electrons. The number of hydrogen-bond donors (Lipinski definition) is 0. The van der Waals surface area contributed by atoms with Crippen molar-refractivity contribution < 1.29 is 27.6 Å². The molecule has 0 spiro atoms. The molecule has 0 bridgehead atoms. The van der Waals surface area contributed by atoms with Crippen molar-refractivity contribution in [3.63, 3.8) is 0 Å². The molecule has 1 aliphatic rings. The number of ether oxygens (including phenoxy) is 2. The molecule has 2 aromatic rings. The van der Waals surface area contributed by atoms with Crippen LogP contribution in [0.15, 0.2) is 47.4 Å². The molecule has 10 heteroatoms. The van der Waals surface area contributed by atoms with Crippen LogP contribution in [0.3, 0.4) is 0 Å². The molecule has 9 nitrogen and oxygen atoms in total. The zero-order chi connectivity index (χ0) is 21.0. The fraction of sp³-hybridized carbons (Fsp3) is 0.316. The van der Waals surface area contributed by atoms with Crippen molar-refractivity contribution in [2.24, 2.45) is 0 Å². The maximum absolute atomic E-state index is 12.9. The highest BCUT2D eigenvalue weighted by molar-refractivity contribution is 7.89. The van der Waals surface area contributed by atoms with Crippen LogP contribution >= 0.6 is 0 Å². The molecule has 0 saturated carbocycles. The van der Waals surface area contributed by atoms with E-state index in [9.17, 15) is 23.3 Å². The van der Waals surface area contributed by atoms with Crippen LogP contribution in [0.25, 0.3) is 0 Å². The lowest BCUT2D eigenvalue weighted by Crippen LogP contribution is -2.40. The number of rotatable bonds is 6. The van der Waals surface area contributed by atoms with Gasteiger partial charge in [-0.25, -0.2) is 13.2 Å². The Balaban J connectivity index is 1.80. The van der Waals surface area contributed by atoms with Gasteiger partial charge in [0.2, 0.25) is 10.0 Å². The molecule has 2 aromatic carbocycles. The van der Waals surface area contributed by atoms with E-state index >= 15 is 0 Å². The van der Waals surface area contributed by atoms with Crippen LogP contribution in [0.1, 0.15) is 21.5 Å². The van der Waals surface area contributed by atoms with Gasteiger partial charge >= 0.3 is 5.97 Å². The third kappa shape index (κ3) is 4.61. The summed E-state index contributed by atoms with van der Waals surface area (Å²) in [7, 11) is -3.78. The minimum Gasteiger partial charge on any atom is -0.457 e. The molecule has 3 rings (SSSR count). The number of morpholine rings is 1. The van der Waals surface area contributed by atoms with Gasteiger partial charge in [-0.3, -0.25) is 10.1 Å². The Hall–Kier alpha value is -2.82. The second-order valence-electron chi connectivity index (χ2n) is 6.46. The minimum atomic E-state index is -3.78. The molecule has 0 amide bonds. The van der Waals surface area contributed by atoms with E-state index in [-0.39, 0.29) is 41.4 Å². The predicted molar refractivity (Wildman–Crippen MR) is 103 cm³/mol. The molecule has 0 radical (unpaired) electrons. The monoisotopic (exact) mass is 420 g/mol. The van der Waals surface area contributed by atoms with Crippen LogP contribution in [0, 0.1) is 17.0 Å². The van der Waals surface area contributed by atoms with Gasteiger partial charge in [-0.2, -0.15) is 4.31 Å². The second kappa shape index (κ2) is 8.68. The number of carbonyl (C=O) groups is 1. The predicted octanol–water partition coefficient (Wildman–Crippen LogP) is 2.28. The summed E-state index contributed by atoms with van der Waals surface area (Å²) in [5, 5.41) is 11.1. The summed E-state index contributed by atoms with van der Waals surface area (Å²) >= 11 is 0. The molecule has 1 aliphatic heterocycles. The lowest BCUT2D eigenvalue weighted by molar-refractivity contribution is -0.385.